The Kier molecular flexibility index (Phi) is 7.20. The predicted molar refractivity (Wildman–Crippen MR) is 103 cm³/mol. The van der Waals surface area contributed by atoms with Gasteiger partial charge in [-0.1, -0.05) is 18.2 Å². The zero-order valence-electron chi connectivity index (χ0n) is 16.2. The fourth-order valence-corrected chi connectivity index (χ4v) is 5.23. The molecule has 0 aliphatic carbocycles. The molecule has 146 valence electrons. The number of amides is 1. The molecule has 7 heteroatoms. The van der Waals surface area contributed by atoms with Crippen LogP contribution in [0.15, 0.2) is 35.2 Å². The lowest BCUT2D eigenvalue weighted by molar-refractivity contribution is -0.124. The van der Waals surface area contributed by atoms with Crippen LogP contribution in [0, 0.1) is 0 Å². The monoisotopic (exact) mass is 381 g/mol. The lowest BCUT2D eigenvalue weighted by Gasteiger charge is -2.31. The van der Waals surface area contributed by atoms with Gasteiger partial charge in [0.25, 0.3) is 0 Å². The second kappa shape index (κ2) is 8.97. The first-order valence-electron chi connectivity index (χ1n) is 9.35. The number of carbonyl (C=O) groups excluding carboxylic acids is 1. The lowest BCUT2D eigenvalue weighted by atomic mass is 10.2. The summed E-state index contributed by atoms with van der Waals surface area (Å²) in [6, 6.07) is 8.50. The van der Waals surface area contributed by atoms with Gasteiger partial charge in [-0.15, -0.1) is 0 Å². The molecule has 1 unspecified atom stereocenters. The molecule has 1 atom stereocenters. The van der Waals surface area contributed by atoms with Crippen molar-refractivity contribution >= 4 is 15.9 Å². The number of carbonyl (C=O) groups is 1. The fraction of sp³-hybridized carbons (Fsp3) is 0.632. The smallest absolute Gasteiger partial charge is 0.243 e. The number of hydrogen-bond donors (Lipinski definition) is 1. The van der Waals surface area contributed by atoms with Gasteiger partial charge in [0.1, 0.15) is 6.04 Å². The molecule has 0 saturated carbocycles. The summed E-state index contributed by atoms with van der Waals surface area (Å²) in [4.78, 5) is 15.2. The van der Waals surface area contributed by atoms with E-state index in [4.69, 9.17) is 0 Å². The molecule has 0 spiro atoms. The summed E-state index contributed by atoms with van der Waals surface area (Å²) in [7, 11) is -3.64. The van der Waals surface area contributed by atoms with E-state index in [0.717, 1.165) is 6.54 Å². The van der Waals surface area contributed by atoms with E-state index in [-0.39, 0.29) is 10.8 Å². The largest absolute Gasteiger partial charge is 0.353 e. The minimum absolute atomic E-state index is 0.200. The van der Waals surface area contributed by atoms with Gasteiger partial charge in [0, 0.05) is 31.7 Å². The maximum atomic E-state index is 12.8. The molecule has 1 aliphatic heterocycles. The quantitative estimate of drug-likeness (QED) is 0.748. The summed E-state index contributed by atoms with van der Waals surface area (Å²) in [5.74, 6) is -0.200. The molecule has 2 rings (SSSR count). The van der Waals surface area contributed by atoms with Crippen molar-refractivity contribution in [2.45, 2.75) is 63.6 Å². The molecular formula is C19H31N3O3S. The Morgan fingerprint density at radius 2 is 1.81 bits per heavy atom. The highest BCUT2D eigenvalue weighted by atomic mass is 32.2. The van der Waals surface area contributed by atoms with E-state index in [2.05, 4.69) is 37.9 Å². The van der Waals surface area contributed by atoms with Crippen LogP contribution in [0.2, 0.25) is 0 Å². The summed E-state index contributed by atoms with van der Waals surface area (Å²) in [6.45, 7) is 10.2. The van der Waals surface area contributed by atoms with Crippen molar-refractivity contribution in [1.29, 1.82) is 0 Å². The zero-order valence-corrected chi connectivity index (χ0v) is 17.0. The average molecular weight is 382 g/mol. The molecule has 1 N–H and O–H groups in total. The minimum Gasteiger partial charge on any atom is -0.353 e. The van der Waals surface area contributed by atoms with E-state index in [0.29, 0.717) is 38.0 Å². The molecular weight excluding hydrogens is 350 g/mol. The Hall–Kier alpha value is -1.44. The third-order valence-corrected chi connectivity index (χ3v) is 6.77. The second-order valence-corrected chi connectivity index (χ2v) is 9.19. The minimum atomic E-state index is -3.64. The molecule has 1 amide bonds. The van der Waals surface area contributed by atoms with Crippen LogP contribution in [0.3, 0.4) is 0 Å². The number of nitrogens with one attached hydrogen (secondary N) is 1. The van der Waals surface area contributed by atoms with Crippen molar-refractivity contribution < 1.29 is 13.2 Å². The van der Waals surface area contributed by atoms with E-state index in [1.165, 1.54) is 4.31 Å². The highest BCUT2D eigenvalue weighted by Crippen LogP contribution is 2.26. The molecule has 0 bridgehead atoms. The standard InChI is InChI=1S/C19H31N3O3S/c1-15(2)21(16(3)4)14-12-20-19(23)18-11-8-13-22(18)26(24,25)17-9-6-5-7-10-17/h5-7,9-10,15-16,18H,8,11-14H2,1-4H3,(H,20,23). The maximum Gasteiger partial charge on any atom is 0.243 e. The van der Waals surface area contributed by atoms with Crippen molar-refractivity contribution in [1.82, 2.24) is 14.5 Å². The molecule has 1 aliphatic rings. The third-order valence-electron chi connectivity index (χ3n) is 4.85. The average Bonchev–Trinajstić information content (AvgIpc) is 3.09. The first-order chi connectivity index (χ1) is 12.2. The Morgan fingerprint density at radius 3 is 2.38 bits per heavy atom. The Morgan fingerprint density at radius 1 is 1.19 bits per heavy atom. The summed E-state index contributed by atoms with van der Waals surface area (Å²) >= 11 is 0. The van der Waals surface area contributed by atoms with Crippen molar-refractivity contribution in [3.8, 4) is 0 Å². The summed E-state index contributed by atoms with van der Waals surface area (Å²) in [5, 5.41) is 2.93. The lowest BCUT2D eigenvalue weighted by Crippen LogP contribution is -2.48. The predicted octanol–water partition coefficient (Wildman–Crippen LogP) is 2.07. The summed E-state index contributed by atoms with van der Waals surface area (Å²) in [6.07, 6.45) is 1.27. The van der Waals surface area contributed by atoms with E-state index >= 15 is 0 Å². The topological polar surface area (TPSA) is 69.7 Å². The normalized spacial score (nSPS) is 18.8. The van der Waals surface area contributed by atoms with Crippen LogP contribution in [0.4, 0.5) is 0 Å². The first kappa shape index (κ1) is 20.9. The molecule has 26 heavy (non-hydrogen) atoms. The van der Waals surface area contributed by atoms with E-state index in [9.17, 15) is 13.2 Å². The van der Waals surface area contributed by atoms with Crippen molar-refractivity contribution in [2.75, 3.05) is 19.6 Å². The van der Waals surface area contributed by atoms with Crippen molar-refractivity contribution in [2.24, 2.45) is 0 Å². The van der Waals surface area contributed by atoms with Gasteiger partial charge in [-0.2, -0.15) is 4.31 Å². The highest BCUT2D eigenvalue weighted by Gasteiger charge is 2.39. The second-order valence-electron chi connectivity index (χ2n) is 7.30. The number of sulfonamides is 1. The van der Waals surface area contributed by atoms with Crippen LogP contribution in [-0.4, -0.2) is 61.3 Å². The SMILES string of the molecule is CC(C)N(CCNC(=O)C1CCCN1S(=O)(=O)c1ccccc1)C(C)C. The van der Waals surface area contributed by atoms with Crippen molar-refractivity contribution in [3.05, 3.63) is 30.3 Å². The molecule has 1 heterocycles. The highest BCUT2D eigenvalue weighted by molar-refractivity contribution is 7.89. The van der Waals surface area contributed by atoms with E-state index < -0.39 is 16.1 Å². The Balaban J connectivity index is 2.00. The van der Waals surface area contributed by atoms with Gasteiger partial charge in [0.05, 0.1) is 4.90 Å². The molecule has 1 saturated heterocycles. The van der Waals surface area contributed by atoms with Gasteiger partial charge < -0.3 is 5.32 Å². The van der Waals surface area contributed by atoms with Crippen LogP contribution in [0.25, 0.3) is 0 Å². The van der Waals surface area contributed by atoms with Crippen LogP contribution in [0.5, 0.6) is 0 Å². The Bertz CT molecular complexity index is 681. The van der Waals surface area contributed by atoms with Gasteiger partial charge >= 0.3 is 0 Å². The van der Waals surface area contributed by atoms with Gasteiger partial charge in [0.2, 0.25) is 15.9 Å². The van der Waals surface area contributed by atoms with E-state index in [1.807, 2.05) is 0 Å². The maximum absolute atomic E-state index is 12.8. The van der Waals surface area contributed by atoms with Crippen LogP contribution >= 0.6 is 0 Å². The fourth-order valence-electron chi connectivity index (χ4n) is 3.56. The molecule has 1 fully saturated rings. The summed E-state index contributed by atoms with van der Waals surface area (Å²) in [5.41, 5.74) is 0. The third kappa shape index (κ3) is 4.84. The number of benzene rings is 1. The Labute approximate surface area is 157 Å². The van der Waals surface area contributed by atoms with Gasteiger partial charge in [-0.25, -0.2) is 8.42 Å². The van der Waals surface area contributed by atoms with Gasteiger partial charge in [-0.05, 0) is 52.7 Å². The van der Waals surface area contributed by atoms with Gasteiger partial charge in [0.15, 0.2) is 0 Å². The van der Waals surface area contributed by atoms with Crippen LogP contribution in [0.1, 0.15) is 40.5 Å². The molecule has 1 aromatic rings. The van der Waals surface area contributed by atoms with Crippen LogP contribution < -0.4 is 5.32 Å². The first-order valence-corrected chi connectivity index (χ1v) is 10.8. The number of rotatable bonds is 8. The molecule has 1 aromatic carbocycles. The number of hydrogen-bond acceptors (Lipinski definition) is 4. The summed E-state index contributed by atoms with van der Waals surface area (Å²) < 4.78 is 27.0. The van der Waals surface area contributed by atoms with Crippen LogP contribution in [-0.2, 0) is 14.8 Å². The van der Waals surface area contributed by atoms with Crippen molar-refractivity contribution in [3.63, 3.8) is 0 Å². The van der Waals surface area contributed by atoms with E-state index in [1.54, 1.807) is 30.3 Å². The number of nitrogens with zero attached hydrogens (tertiary/aromatic N) is 2. The van der Waals surface area contributed by atoms with Gasteiger partial charge in [-0.3, -0.25) is 9.69 Å². The zero-order chi connectivity index (χ0) is 19.3. The molecule has 0 aromatic heterocycles. The molecule has 0 radical (unpaired) electrons. The molecule has 6 nitrogen and oxygen atoms in total.